The number of esters is 2. The smallest absolute Gasteiger partial charge is 0.329 e. The molecule has 0 aliphatic carbocycles. The van der Waals surface area contributed by atoms with Crippen molar-refractivity contribution in [3.8, 4) is 0 Å². The molecule has 2 atom stereocenters. The van der Waals surface area contributed by atoms with Crippen LogP contribution >= 0.6 is 23.2 Å². The van der Waals surface area contributed by atoms with E-state index in [4.69, 9.17) is 27.9 Å². The molecule has 3 rings (SSSR count). The molecule has 2 heterocycles. The van der Waals surface area contributed by atoms with Crippen molar-refractivity contribution in [2.75, 3.05) is 20.8 Å². The fourth-order valence-electron chi connectivity index (χ4n) is 3.35. The van der Waals surface area contributed by atoms with Gasteiger partial charge >= 0.3 is 18.0 Å². The number of nitrogens with zero attached hydrogens (tertiary/aromatic N) is 2. The van der Waals surface area contributed by atoms with E-state index in [2.05, 4.69) is 20.0 Å². The van der Waals surface area contributed by atoms with E-state index < -0.39 is 30.1 Å². The van der Waals surface area contributed by atoms with E-state index in [0.29, 0.717) is 34.3 Å². The number of imidazole rings is 1. The van der Waals surface area contributed by atoms with Crippen LogP contribution in [0.3, 0.4) is 0 Å². The van der Waals surface area contributed by atoms with Crippen LogP contribution in [0.5, 0.6) is 0 Å². The molecule has 2 N–H and O–H groups in total. The number of aromatic amines is 1. The van der Waals surface area contributed by atoms with Gasteiger partial charge in [0.15, 0.2) is 0 Å². The normalized spacial score (nSPS) is 16.4. The number of hydrogen-bond acceptors (Lipinski definition) is 6. The zero-order valence-corrected chi connectivity index (χ0v) is 17.8. The number of amides is 2. The predicted octanol–water partition coefficient (Wildman–Crippen LogP) is 2.48. The number of H-pyrrole nitrogens is 1. The van der Waals surface area contributed by atoms with Gasteiger partial charge in [-0.1, -0.05) is 29.3 Å². The minimum Gasteiger partial charge on any atom is -0.469 e. The van der Waals surface area contributed by atoms with E-state index in [1.165, 1.54) is 19.1 Å². The van der Waals surface area contributed by atoms with E-state index >= 15 is 0 Å². The Labute approximate surface area is 182 Å². The second-order valence-electron chi connectivity index (χ2n) is 6.58. The SMILES string of the molecule is COC(=O)C[C@H](NC(=O)N1CCc2[nH]cnc2[C@@H]1c1ccc(Cl)cc1Cl)C(=O)OC. The summed E-state index contributed by atoms with van der Waals surface area (Å²) in [7, 11) is 2.37. The molecule has 160 valence electrons. The number of aromatic nitrogens is 2. The lowest BCUT2D eigenvalue weighted by Crippen LogP contribution is -2.52. The minimum absolute atomic E-state index is 0.330. The summed E-state index contributed by atoms with van der Waals surface area (Å²) in [4.78, 5) is 45.8. The van der Waals surface area contributed by atoms with Crippen molar-refractivity contribution in [1.29, 1.82) is 0 Å². The summed E-state index contributed by atoms with van der Waals surface area (Å²) < 4.78 is 9.30. The van der Waals surface area contributed by atoms with Crippen molar-refractivity contribution in [3.63, 3.8) is 0 Å². The molecule has 0 saturated heterocycles. The summed E-state index contributed by atoms with van der Waals surface area (Å²) in [6.45, 7) is 0.330. The number of carbonyl (C=O) groups is 3. The lowest BCUT2D eigenvalue weighted by molar-refractivity contribution is -0.149. The van der Waals surface area contributed by atoms with Gasteiger partial charge in [-0.05, 0) is 17.7 Å². The molecule has 1 aromatic heterocycles. The van der Waals surface area contributed by atoms with Gasteiger partial charge in [-0.15, -0.1) is 0 Å². The van der Waals surface area contributed by atoms with Crippen molar-refractivity contribution in [3.05, 3.63) is 51.5 Å². The van der Waals surface area contributed by atoms with Crippen LogP contribution in [0.15, 0.2) is 24.5 Å². The fourth-order valence-corrected chi connectivity index (χ4v) is 3.86. The summed E-state index contributed by atoms with van der Waals surface area (Å²) in [5.41, 5.74) is 2.16. The molecule has 11 heteroatoms. The number of benzene rings is 1. The van der Waals surface area contributed by atoms with Gasteiger partial charge < -0.3 is 24.7 Å². The highest BCUT2D eigenvalue weighted by Crippen LogP contribution is 2.37. The highest BCUT2D eigenvalue weighted by molar-refractivity contribution is 6.35. The highest BCUT2D eigenvalue weighted by atomic mass is 35.5. The van der Waals surface area contributed by atoms with Crippen LogP contribution in [0.25, 0.3) is 0 Å². The number of nitrogens with one attached hydrogen (secondary N) is 2. The van der Waals surface area contributed by atoms with Crippen molar-refractivity contribution >= 4 is 41.2 Å². The lowest BCUT2D eigenvalue weighted by atomic mass is 9.96. The van der Waals surface area contributed by atoms with Gasteiger partial charge in [-0.2, -0.15) is 0 Å². The van der Waals surface area contributed by atoms with E-state index in [0.717, 1.165) is 5.69 Å². The van der Waals surface area contributed by atoms with Crippen molar-refractivity contribution < 1.29 is 23.9 Å². The van der Waals surface area contributed by atoms with Gasteiger partial charge in [-0.25, -0.2) is 14.6 Å². The largest absolute Gasteiger partial charge is 0.469 e. The second-order valence-corrected chi connectivity index (χ2v) is 7.43. The summed E-state index contributed by atoms with van der Waals surface area (Å²) >= 11 is 12.4. The summed E-state index contributed by atoms with van der Waals surface area (Å²) in [6.07, 6.45) is 1.73. The van der Waals surface area contributed by atoms with Crippen LogP contribution in [0.2, 0.25) is 10.0 Å². The minimum atomic E-state index is -1.20. The Balaban J connectivity index is 1.93. The van der Waals surface area contributed by atoms with Gasteiger partial charge in [0, 0.05) is 28.7 Å². The fraction of sp³-hybridized carbons (Fsp3) is 0.368. The first-order chi connectivity index (χ1) is 14.3. The third-order valence-electron chi connectivity index (χ3n) is 4.82. The maximum absolute atomic E-state index is 13.1. The quantitative estimate of drug-likeness (QED) is 0.670. The second kappa shape index (κ2) is 9.36. The monoisotopic (exact) mass is 454 g/mol. The van der Waals surface area contributed by atoms with E-state index in [1.807, 2.05) is 0 Å². The third kappa shape index (κ3) is 4.52. The summed E-state index contributed by atoms with van der Waals surface area (Å²) in [5.74, 6) is -1.41. The zero-order valence-electron chi connectivity index (χ0n) is 16.3. The molecule has 0 saturated carbocycles. The molecular weight excluding hydrogens is 435 g/mol. The number of carbonyl (C=O) groups excluding carboxylic acids is 3. The molecule has 0 spiro atoms. The Morgan fingerprint density at radius 2 is 2.07 bits per heavy atom. The van der Waals surface area contributed by atoms with Gasteiger partial charge in [0.2, 0.25) is 0 Å². The molecule has 0 unspecified atom stereocenters. The average molecular weight is 455 g/mol. The number of rotatable bonds is 5. The molecular formula is C19H20Cl2N4O5. The van der Waals surface area contributed by atoms with Crippen molar-refractivity contribution in [2.24, 2.45) is 0 Å². The molecule has 1 aliphatic heterocycles. The Kier molecular flexibility index (Phi) is 6.84. The number of hydrogen-bond donors (Lipinski definition) is 2. The van der Waals surface area contributed by atoms with Crippen molar-refractivity contribution in [2.45, 2.75) is 24.9 Å². The Morgan fingerprint density at radius 1 is 1.30 bits per heavy atom. The molecule has 0 fully saturated rings. The number of halogens is 2. The van der Waals surface area contributed by atoms with Crippen LogP contribution in [0, 0.1) is 0 Å². The zero-order chi connectivity index (χ0) is 21.8. The van der Waals surface area contributed by atoms with Gasteiger partial charge in [0.05, 0.1) is 32.7 Å². The van der Waals surface area contributed by atoms with Crippen LogP contribution in [-0.4, -0.2) is 59.6 Å². The molecule has 9 nitrogen and oxygen atoms in total. The molecule has 1 aromatic carbocycles. The van der Waals surface area contributed by atoms with E-state index in [-0.39, 0.29) is 6.42 Å². The lowest BCUT2D eigenvalue weighted by Gasteiger charge is -2.36. The summed E-state index contributed by atoms with van der Waals surface area (Å²) in [5, 5.41) is 3.40. The Hall–Kier alpha value is -2.78. The average Bonchev–Trinajstić information content (AvgIpc) is 3.21. The molecule has 30 heavy (non-hydrogen) atoms. The van der Waals surface area contributed by atoms with Crippen LogP contribution in [-0.2, 0) is 25.5 Å². The molecule has 0 bridgehead atoms. The van der Waals surface area contributed by atoms with Crippen LogP contribution in [0.1, 0.15) is 29.4 Å². The van der Waals surface area contributed by atoms with Crippen LogP contribution in [0.4, 0.5) is 4.79 Å². The van der Waals surface area contributed by atoms with Gasteiger partial charge in [0.1, 0.15) is 12.1 Å². The predicted molar refractivity (Wildman–Crippen MR) is 108 cm³/mol. The van der Waals surface area contributed by atoms with Gasteiger partial charge in [0.25, 0.3) is 0 Å². The number of methoxy groups -OCH3 is 2. The first-order valence-electron chi connectivity index (χ1n) is 9.04. The third-order valence-corrected chi connectivity index (χ3v) is 5.39. The number of urea groups is 1. The maximum atomic E-state index is 13.1. The number of fused-ring (bicyclic) bond motifs is 1. The topological polar surface area (TPSA) is 114 Å². The standard InChI is InChI=1S/C19H20Cl2N4O5/c1-29-15(26)8-14(18(27)30-2)24-19(28)25-6-5-13-16(23-9-22-13)17(25)11-4-3-10(20)7-12(11)21/h3-4,7,9,14,17H,5-6,8H2,1-2H3,(H,22,23)(H,24,28)/t14-,17-/m0/s1. The van der Waals surface area contributed by atoms with E-state index in [1.54, 1.807) is 24.5 Å². The van der Waals surface area contributed by atoms with Gasteiger partial charge in [-0.3, -0.25) is 4.79 Å². The van der Waals surface area contributed by atoms with E-state index in [9.17, 15) is 14.4 Å². The molecule has 2 aromatic rings. The van der Waals surface area contributed by atoms with Crippen molar-refractivity contribution in [1.82, 2.24) is 20.2 Å². The highest BCUT2D eigenvalue weighted by Gasteiger charge is 2.37. The Bertz CT molecular complexity index is 964. The first-order valence-corrected chi connectivity index (χ1v) is 9.80. The molecule has 1 aliphatic rings. The molecule has 0 radical (unpaired) electrons. The van der Waals surface area contributed by atoms with Crippen LogP contribution < -0.4 is 5.32 Å². The maximum Gasteiger partial charge on any atom is 0.329 e. The first kappa shape index (κ1) is 21.9. The molecule has 2 amide bonds. The Morgan fingerprint density at radius 3 is 2.73 bits per heavy atom. The number of ether oxygens (including phenoxy) is 2. The summed E-state index contributed by atoms with van der Waals surface area (Å²) in [6, 6.07) is 2.61.